The summed E-state index contributed by atoms with van der Waals surface area (Å²) in [5.41, 5.74) is 0.0861. The van der Waals surface area contributed by atoms with Gasteiger partial charge in [0.05, 0.1) is 17.8 Å². The molecule has 5 aliphatic carbocycles. The van der Waals surface area contributed by atoms with Gasteiger partial charge in [-0.3, -0.25) is 4.79 Å². The average molecular weight is 573 g/mol. The molecule has 0 aromatic heterocycles. The number of ether oxygens (including phenoxy) is 3. The number of carbonyl (C=O) groups excluding carboxylic acids is 1. The number of epoxide rings is 1. The summed E-state index contributed by atoms with van der Waals surface area (Å²) in [5, 5.41) is 23.4. The third-order valence-corrected chi connectivity index (χ3v) is 15.0. The van der Waals surface area contributed by atoms with Gasteiger partial charge in [-0.05, 0) is 112 Å². The third-order valence-electron chi connectivity index (χ3n) is 15.0. The Bertz CT molecular complexity index is 1100. The summed E-state index contributed by atoms with van der Waals surface area (Å²) < 4.78 is 18.2. The first-order valence-corrected chi connectivity index (χ1v) is 16.9. The van der Waals surface area contributed by atoms with Gasteiger partial charge in [0.2, 0.25) is 0 Å². The summed E-state index contributed by atoms with van der Waals surface area (Å²) in [7, 11) is 0. The fourth-order valence-electron chi connectivity index (χ4n) is 13.1. The normalized spacial score (nSPS) is 55.9. The maximum Gasteiger partial charge on any atom is 0.306 e. The van der Waals surface area contributed by atoms with Crippen molar-refractivity contribution in [2.75, 3.05) is 0 Å². The molecule has 7 rings (SSSR count). The van der Waals surface area contributed by atoms with Crippen LogP contribution in [0.5, 0.6) is 0 Å². The van der Waals surface area contributed by atoms with Crippen LogP contribution in [0.25, 0.3) is 0 Å². The van der Waals surface area contributed by atoms with E-state index in [2.05, 4.69) is 55.4 Å². The first-order valence-electron chi connectivity index (χ1n) is 16.9. The van der Waals surface area contributed by atoms with Crippen molar-refractivity contribution in [3.63, 3.8) is 0 Å². The molecule has 0 amide bonds. The van der Waals surface area contributed by atoms with E-state index in [1.165, 1.54) is 19.3 Å². The van der Waals surface area contributed by atoms with Gasteiger partial charge in [0.25, 0.3) is 0 Å². The molecule has 13 atom stereocenters. The predicted octanol–water partition coefficient (Wildman–Crippen LogP) is 6.26. The van der Waals surface area contributed by atoms with Gasteiger partial charge in [0.1, 0.15) is 12.2 Å². The van der Waals surface area contributed by atoms with E-state index < -0.39 is 6.29 Å². The Balaban J connectivity index is 1.13. The molecule has 2 saturated heterocycles. The highest BCUT2D eigenvalue weighted by Gasteiger charge is 2.86. The second-order valence-corrected chi connectivity index (χ2v) is 17.8. The van der Waals surface area contributed by atoms with E-state index in [0.717, 1.165) is 38.5 Å². The maximum atomic E-state index is 12.7. The molecule has 2 N–H and O–H groups in total. The molecule has 1 unspecified atom stereocenters. The van der Waals surface area contributed by atoms with Crippen molar-refractivity contribution in [3.05, 3.63) is 0 Å². The van der Waals surface area contributed by atoms with Crippen LogP contribution in [0.15, 0.2) is 0 Å². The summed E-state index contributed by atoms with van der Waals surface area (Å²) >= 11 is 0. The van der Waals surface area contributed by atoms with Crippen LogP contribution in [-0.2, 0) is 19.0 Å². The first kappa shape index (κ1) is 29.0. The molecule has 6 nitrogen and oxygen atoms in total. The Morgan fingerprint density at radius 3 is 2.32 bits per heavy atom. The highest BCUT2D eigenvalue weighted by molar-refractivity contribution is 5.69. The largest absolute Gasteiger partial charge is 0.462 e. The van der Waals surface area contributed by atoms with E-state index in [4.69, 9.17) is 14.2 Å². The number of hydrogen-bond donors (Lipinski definition) is 2. The van der Waals surface area contributed by atoms with E-state index in [0.29, 0.717) is 30.1 Å². The van der Waals surface area contributed by atoms with E-state index in [-0.39, 0.29) is 69.0 Å². The first-order chi connectivity index (χ1) is 19.0. The molecular formula is C35H56O6. The van der Waals surface area contributed by atoms with Gasteiger partial charge in [-0.2, -0.15) is 0 Å². The zero-order valence-electron chi connectivity index (χ0n) is 26.9. The van der Waals surface area contributed by atoms with Crippen LogP contribution in [0.3, 0.4) is 0 Å². The number of aliphatic hydroxyl groups is 2. The summed E-state index contributed by atoms with van der Waals surface area (Å²) in [6, 6.07) is 0. The fraction of sp³-hybridized carbons (Fsp3) is 0.971. The van der Waals surface area contributed by atoms with E-state index in [1.54, 1.807) is 0 Å². The zero-order chi connectivity index (χ0) is 29.5. The number of aliphatic hydroxyl groups excluding tert-OH is 2. The number of fused-ring (bicyclic) bond motifs is 3. The van der Waals surface area contributed by atoms with Gasteiger partial charge < -0.3 is 24.4 Å². The molecule has 0 aromatic rings. The topological polar surface area (TPSA) is 88.5 Å². The van der Waals surface area contributed by atoms with E-state index in [9.17, 15) is 15.0 Å². The fourth-order valence-corrected chi connectivity index (χ4v) is 13.1. The molecule has 41 heavy (non-hydrogen) atoms. The summed E-state index contributed by atoms with van der Waals surface area (Å²) in [6.45, 7) is 17.9. The van der Waals surface area contributed by atoms with Gasteiger partial charge in [0, 0.05) is 23.2 Å². The van der Waals surface area contributed by atoms with Crippen molar-refractivity contribution in [1.82, 2.24) is 0 Å². The summed E-state index contributed by atoms with van der Waals surface area (Å²) in [6.07, 6.45) is 8.96. The van der Waals surface area contributed by atoms with E-state index >= 15 is 0 Å². The lowest BCUT2D eigenvalue weighted by molar-refractivity contribution is -0.246. The van der Waals surface area contributed by atoms with Gasteiger partial charge in [-0.1, -0.05) is 41.5 Å². The molecule has 2 aliphatic heterocycles. The summed E-state index contributed by atoms with van der Waals surface area (Å²) in [5.74, 6) is 1.64. The molecule has 232 valence electrons. The van der Waals surface area contributed by atoms with Crippen LogP contribution < -0.4 is 0 Å². The van der Waals surface area contributed by atoms with Gasteiger partial charge >= 0.3 is 5.97 Å². The highest BCUT2D eigenvalue weighted by atomic mass is 16.7. The average Bonchev–Trinajstić information content (AvgIpc) is 3.62. The van der Waals surface area contributed by atoms with Crippen molar-refractivity contribution >= 4 is 5.97 Å². The SMILES string of the molecule is CC(C)CC(=O)O[C@@H]1CC[C@]2(C)[C@H]3CC[C@]45C[C@]4(CC[C@H]5[C@@H]4C[C@H]([C@@H]5OC5(C)C)OC4O)[C@]3(C)[C@H](O)C[C@H]2C1(C)C. The van der Waals surface area contributed by atoms with Crippen LogP contribution in [-0.4, -0.2) is 52.5 Å². The number of esters is 1. The lowest BCUT2D eigenvalue weighted by Gasteiger charge is -2.68. The number of hydrogen-bond acceptors (Lipinski definition) is 6. The zero-order valence-corrected chi connectivity index (χ0v) is 26.9. The molecule has 0 bridgehead atoms. The van der Waals surface area contributed by atoms with Gasteiger partial charge in [0.15, 0.2) is 6.29 Å². The molecule has 7 fully saturated rings. The molecule has 6 heteroatoms. The Labute approximate surface area is 247 Å². The molecule has 7 aliphatic rings. The van der Waals surface area contributed by atoms with Crippen molar-refractivity contribution < 1.29 is 29.2 Å². The maximum absolute atomic E-state index is 12.7. The smallest absolute Gasteiger partial charge is 0.306 e. The second kappa shape index (κ2) is 8.73. The lowest BCUT2D eigenvalue weighted by Crippen LogP contribution is -2.66. The second-order valence-electron chi connectivity index (χ2n) is 17.8. The quantitative estimate of drug-likeness (QED) is 0.299. The summed E-state index contributed by atoms with van der Waals surface area (Å²) in [4.78, 5) is 12.7. The number of rotatable bonds is 5. The Hall–Kier alpha value is -0.690. The number of carbonyl (C=O) groups is 1. The Morgan fingerprint density at radius 1 is 0.951 bits per heavy atom. The molecular weight excluding hydrogens is 516 g/mol. The van der Waals surface area contributed by atoms with Crippen molar-refractivity contribution in [2.24, 2.45) is 56.7 Å². The van der Waals surface area contributed by atoms with Crippen molar-refractivity contribution in [3.8, 4) is 0 Å². The molecule has 0 spiro atoms. The minimum absolute atomic E-state index is 0.00549. The molecule has 2 heterocycles. The minimum atomic E-state index is -0.700. The van der Waals surface area contributed by atoms with Crippen molar-refractivity contribution in [1.29, 1.82) is 0 Å². The van der Waals surface area contributed by atoms with Crippen molar-refractivity contribution in [2.45, 2.75) is 156 Å². The van der Waals surface area contributed by atoms with Crippen LogP contribution in [0, 0.1) is 56.7 Å². The molecule has 0 aromatic carbocycles. The predicted molar refractivity (Wildman–Crippen MR) is 156 cm³/mol. The van der Waals surface area contributed by atoms with Crippen LogP contribution in [0.1, 0.15) is 120 Å². The highest BCUT2D eigenvalue weighted by Crippen LogP contribution is 2.91. The third kappa shape index (κ3) is 3.66. The standard InChI is InChI=1S/C35H56O6/c1-19(2)15-27(37)40-26-11-12-32(7)23-10-13-34-18-35(34,33(23,8)25(36)17-24(32)30(26,3)4)14-9-21(34)20-16-22(39-29(20)38)28-31(5,6)41-28/h19-26,28-29,36,38H,9-18H2,1-8H3/t20-,21-,22+,23+,24-,25+,26+,28-,29?,32+,33-,34+,35+/m0/s1. The van der Waals surface area contributed by atoms with Crippen LogP contribution in [0.2, 0.25) is 0 Å². The monoisotopic (exact) mass is 572 g/mol. The van der Waals surface area contributed by atoms with Crippen LogP contribution in [0.4, 0.5) is 0 Å². The van der Waals surface area contributed by atoms with Crippen LogP contribution >= 0.6 is 0 Å². The van der Waals surface area contributed by atoms with E-state index in [1.807, 2.05) is 0 Å². The lowest BCUT2D eigenvalue weighted by atomic mass is 9.37. The molecule has 5 saturated carbocycles. The Kier molecular flexibility index (Phi) is 6.18. The van der Waals surface area contributed by atoms with Gasteiger partial charge in [-0.25, -0.2) is 0 Å². The minimum Gasteiger partial charge on any atom is -0.462 e. The molecule has 0 radical (unpaired) electrons. The Morgan fingerprint density at radius 2 is 1.66 bits per heavy atom. The van der Waals surface area contributed by atoms with Gasteiger partial charge in [-0.15, -0.1) is 0 Å².